The van der Waals surface area contributed by atoms with Crippen LogP contribution in [0.25, 0.3) is 11.1 Å². The van der Waals surface area contributed by atoms with E-state index in [2.05, 4.69) is 0 Å². The second-order valence-corrected chi connectivity index (χ2v) is 6.32. The maximum absolute atomic E-state index is 15.2. The summed E-state index contributed by atoms with van der Waals surface area (Å²) in [5.74, 6) is -1.01. The first-order valence-electron chi connectivity index (χ1n) is 8.21. The van der Waals surface area contributed by atoms with Crippen molar-refractivity contribution in [1.29, 1.82) is 0 Å². The molecular formula is C20H20F2O2. The first kappa shape index (κ1) is 16.6. The zero-order valence-corrected chi connectivity index (χ0v) is 13.6. The fourth-order valence-corrected chi connectivity index (χ4v) is 3.67. The molecule has 0 spiro atoms. The van der Waals surface area contributed by atoms with Gasteiger partial charge in [0.25, 0.3) is 0 Å². The molecule has 2 aromatic rings. The Morgan fingerprint density at radius 2 is 1.71 bits per heavy atom. The van der Waals surface area contributed by atoms with Crippen LogP contribution in [0.4, 0.5) is 8.78 Å². The average Bonchev–Trinajstić information content (AvgIpc) is 2.62. The standard InChI is InChI=1S/C20H20F2O2/c1-24-19-15(14-7-3-4-8-17(14)21)9-10-16(18(19)22)20(13-23)11-5-2-6-12-20/h3-4,7-10,13H,2,5-6,11-12H2,1H3. The van der Waals surface area contributed by atoms with Crippen LogP contribution < -0.4 is 4.74 Å². The van der Waals surface area contributed by atoms with Gasteiger partial charge in [0.1, 0.15) is 12.1 Å². The van der Waals surface area contributed by atoms with Crippen LogP contribution in [0.5, 0.6) is 5.75 Å². The molecule has 0 bridgehead atoms. The molecule has 1 saturated carbocycles. The number of carbonyl (C=O) groups is 1. The molecule has 1 aliphatic rings. The maximum atomic E-state index is 15.2. The maximum Gasteiger partial charge on any atom is 0.169 e. The number of hydrogen-bond donors (Lipinski definition) is 0. The molecule has 0 N–H and O–H groups in total. The highest BCUT2D eigenvalue weighted by atomic mass is 19.1. The minimum atomic E-state index is -0.802. The third-order valence-electron chi connectivity index (χ3n) is 4.97. The van der Waals surface area contributed by atoms with E-state index in [1.807, 2.05) is 0 Å². The average molecular weight is 330 g/mol. The van der Waals surface area contributed by atoms with Crippen molar-refractivity contribution in [3.05, 3.63) is 53.6 Å². The Kier molecular flexibility index (Phi) is 4.65. The summed E-state index contributed by atoms with van der Waals surface area (Å²) in [4.78, 5) is 11.8. The van der Waals surface area contributed by atoms with Crippen molar-refractivity contribution in [3.63, 3.8) is 0 Å². The normalized spacial score (nSPS) is 16.6. The number of hydrogen-bond acceptors (Lipinski definition) is 2. The molecule has 126 valence electrons. The molecular weight excluding hydrogens is 310 g/mol. The summed E-state index contributed by atoms with van der Waals surface area (Å²) < 4.78 is 34.5. The second kappa shape index (κ2) is 6.71. The van der Waals surface area contributed by atoms with Crippen molar-refractivity contribution in [2.24, 2.45) is 0 Å². The van der Waals surface area contributed by atoms with Crippen LogP contribution in [0, 0.1) is 11.6 Å². The summed E-state index contributed by atoms with van der Waals surface area (Å²) in [6.45, 7) is 0. The highest BCUT2D eigenvalue weighted by molar-refractivity contribution is 5.75. The zero-order valence-electron chi connectivity index (χ0n) is 13.6. The Balaban J connectivity index is 2.16. The van der Waals surface area contributed by atoms with Crippen LogP contribution in [0.2, 0.25) is 0 Å². The third kappa shape index (κ3) is 2.70. The Morgan fingerprint density at radius 1 is 1.00 bits per heavy atom. The van der Waals surface area contributed by atoms with E-state index in [1.165, 1.54) is 13.2 Å². The summed E-state index contributed by atoms with van der Waals surface area (Å²) in [6.07, 6.45) is 4.99. The number of methoxy groups -OCH3 is 1. The minimum Gasteiger partial charge on any atom is -0.493 e. The van der Waals surface area contributed by atoms with Crippen LogP contribution in [0.3, 0.4) is 0 Å². The van der Waals surface area contributed by atoms with Gasteiger partial charge in [-0.05, 0) is 18.9 Å². The van der Waals surface area contributed by atoms with Crippen molar-refractivity contribution in [2.45, 2.75) is 37.5 Å². The molecule has 3 rings (SSSR count). The van der Waals surface area contributed by atoms with Gasteiger partial charge in [0.2, 0.25) is 0 Å². The van der Waals surface area contributed by atoms with E-state index in [1.54, 1.807) is 30.3 Å². The number of aldehydes is 1. The van der Waals surface area contributed by atoms with Crippen LogP contribution in [-0.4, -0.2) is 13.4 Å². The molecule has 0 aliphatic heterocycles. The predicted molar refractivity (Wildman–Crippen MR) is 89.2 cm³/mol. The Hall–Kier alpha value is -2.23. The molecule has 0 heterocycles. The van der Waals surface area contributed by atoms with Gasteiger partial charge in [-0.1, -0.05) is 49.6 Å². The SMILES string of the molecule is COc1c(-c2ccccc2F)ccc(C2(C=O)CCCCC2)c1F. The van der Waals surface area contributed by atoms with Gasteiger partial charge in [-0.15, -0.1) is 0 Å². The Labute approximate surface area is 140 Å². The topological polar surface area (TPSA) is 26.3 Å². The number of halogens is 2. The fraction of sp³-hybridized carbons (Fsp3) is 0.350. The molecule has 0 radical (unpaired) electrons. The summed E-state index contributed by atoms with van der Waals surface area (Å²) in [7, 11) is 1.36. The van der Waals surface area contributed by atoms with E-state index in [-0.39, 0.29) is 11.3 Å². The van der Waals surface area contributed by atoms with Gasteiger partial charge in [-0.25, -0.2) is 8.78 Å². The molecule has 0 aromatic heterocycles. The molecule has 0 atom stereocenters. The molecule has 24 heavy (non-hydrogen) atoms. The van der Waals surface area contributed by atoms with Crippen molar-refractivity contribution in [3.8, 4) is 16.9 Å². The summed E-state index contributed by atoms with van der Waals surface area (Å²) >= 11 is 0. The van der Waals surface area contributed by atoms with Crippen LogP contribution in [-0.2, 0) is 10.2 Å². The molecule has 2 aromatic carbocycles. The number of rotatable bonds is 4. The molecule has 0 amide bonds. The van der Waals surface area contributed by atoms with Crippen LogP contribution >= 0.6 is 0 Å². The third-order valence-corrected chi connectivity index (χ3v) is 4.97. The number of benzene rings is 2. The van der Waals surface area contributed by atoms with Gasteiger partial charge in [0.15, 0.2) is 11.6 Å². The lowest BCUT2D eigenvalue weighted by atomic mass is 9.70. The Morgan fingerprint density at radius 3 is 2.33 bits per heavy atom. The van der Waals surface area contributed by atoms with E-state index in [0.29, 0.717) is 24.0 Å². The minimum absolute atomic E-state index is 0.00982. The lowest BCUT2D eigenvalue weighted by Gasteiger charge is -2.33. The second-order valence-electron chi connectivity index (χ2n) is 6.32. The molecule has 1 fully saturated rings. The van der Waals surface area contributed by atoms with Crippen LogP contribution in [0.15, 0.2) is 36.4 Å². The fourth-order valence-electron chi connectivity index (χ4n) is 3.67. The first-order chi connectivity index (χ1) is 11.6. The van der Waals surface area contributed by atoms with Gasteiger partial charge in [0.05, 0.1) is 12.5 Å². The van der Waals surface area contributed by atoms with Crippen molar-refractivity contribution < 1.29 is 18.3 Å². The van der Waals surface area contributed by atoms with E-state index in [0.717, 1.165) is 25.5 Å². The largest absolute Gasteiger partial charge is 0.493 e. The van der Waals surface area contributed by atoms with E-state index >= 15 is 4.39 Å². The van der Waals surface area contributed by atoms with Gasteiger partial charge in [0, 0.05) is 16.7 Å². The predicted octanol–water partition coefficient (Wildman–Crippen LogP) is 5.04. The molecule has 1 aliphatic carbocycles. The summed E-state index contributed by atoms with van der Waals surface area (Å²) in [6, 6.07) is 9.45. The van der Waals surface area contributed by atoms with E-state index in [9.17, 15) is 9.18 Å². The van der Waals surface area contributed by atoms with E-state index in [4.69, 9.17) is 4.74 Å². The highest BCUT2D eigenvalue weighted by Crippen LogP contribution is 2.43. The number of ether oxygens (including phenoxy) is 1. The molecule has 2 nitrogen and oxygen atoms in total. The quantitative estimate of drug-likeness (QED) is 0.734. The molecule has 0 saturated heterocycles. The summed E-state index contributed by atoms with van der Waals surface area (Å²) in [5.41, 5.74) is 0.190. The lowest BCUT2D eigenvalue weighted by Crippen LogP contribution is -2.32. The molecule has 4 heteroatoms. The van der Waals surface area contributed by atoms with Gasteiger partial charge in [-0.2, -0.15) is 0 Å². The zero-order chi connectivity index (χ0) is 17.2. The van der Waals surface area contributed by atoms with Crippen molar-refractivity contribution in [1.82, 2.24) is 0 Å². The smallest absolute Gasteiger partial charge is 0.169 e. The summed E-state index contributed by atoms with van der Waals surface area (Å²) in [5, 5.41) is 0. The molecule has 0 unspecified atom stereocenters. The van der Waals surface area contributed by atoms with Crippen molar-refractivity contribution in [2.75, 3.05) is 7.11 Å². The first-order valence-corrected chi connectivity index (χ1v) is 8.21. The van der Waals surface area contributed by atoms with Crippen molar-refractivity contribution >= 4 is 6.29 Å². The Bertz CT molecular complexity index is 749. The van der Waals surface area contributed by atoms with Gasteiger partial charge < -0.3 is 9.53 Å². The lowest BCUT2D eigenvalue weighted by molar-refractivity contribution is -0.113. The monoisotopic (exact) mass is 330 g/mol. The van der Waals surface area contributed by atoms with Crippen LogP contribution in [0.1, 0.15) is 37.7 Å². The highest BCUT2D eigenvalue weighted by Gasteiger charge is 2.37. The van der Waals surface area contributed by atoms with Gasteiger partial charge in [-0.3, -0.25) is 0 Å². The van der Waals surface area contributed by atoms with E-state index < -0.39 is 17.0 Å². The van der Waals surface area contributed by atoms with Gasteiger partial charge >= 0.3 is 0 Å². The number of carbonyl (C=O) groups excluding carboxylic acids is 1.